The molecule has 6 nitrogen and oxygen atoms in total. The zero-order chi connectivity index (χ0) is 29.4. The van der Waals surface area contributed by atoms with Gasteiger partial charge in [0.05, 0.1) is 27.7 Å². The summed E-state index contributed by atoms with van der Waals surface area (Å²) >= 11 is 1.40. The van der Waals surface area contributed by atoms with Gasteiger partial charge in [0.2, 0.25) is 0 Å². The van der Waals surface area contributed by atoms with E-state index in [0.29, 0.717) is 49.4 Å². The summed E-state index contributed by atoms with van der Waals surface area (Å²) in [5, 5.41) is 2.91. The standard InChI is InChI=1S/C29H30F4N2O4S2/c1-2-41(37,38)22-6-3-19(4-7-22)17-34-27(36)25-16-21-9-14-39-28(26(21)40-25)10-12-35(13-11-28)18-20-5-8-24(30)23(15-20)29(31,32)33/h3-8,15-16H,2,9-14,17-18H2,1H3,(H,34,36). The highest BCUT2D eigenvalue weighted by atomic mass is 32.2. The van der Waals surface area contributed by atoms with Gasteiger partial charge < -0.3 is 10.1 Å². The van der Waals surface area contributed by atoms with Crippen molar-refractivity contribution in [2.75, 3.05) is 25.4 Å². The Balaban J connectivity index is 1.22. The number of piperidine rings is 1. The number of amides is 1. The van der Waals surface area contributed by atoms with E-state index in [0.717, 1.165) is 28.1 Å². The number of halogens is 4. The number of alkyl halides is 3. The molecule has 0 bridgehead atoms. The molecule has 1 saturated heterocycles. The number of nitrogens with one attached hydrogen (secondary N) is 1. The number of thiophene rings is 1. The molecule has 1 aromatic heterocycles. The Hall–Kier alpha value is -2.80. The van der Waals surface area contributed by atoms with Crippen LogP contribution in [0.5, 0.6) is 0 Å². The minimum atomic E-state index is -4.75. The molecule has 41 heavy (non-hydrogen) atoms. The van der Waals surface area contributed by atoms with E-state index in [1.807, 2.05) is 11.0 Å². The first kappa shape index (κ1) is 29.7. The fourth-order valence-corrected chi connectivity index (χ4v) is 7.59. The Morgan fingerprint density at radius 2 is 1.76 bits per heavy atom. The number of benzene rings is 2. The van der Waals surface area contributed by atoms with Crippen molar-refractivity contribution in [1.29, 1.82) is 0 Å². The van der Waals surface area contributed by atoms with Crippen molar-refractivity contribution in [2.24, 2.45) is 0 Å². The molecule has 2 aliphatic rings. The number of rotatable bonds is 7. The molecule has 3 aromatic rings. The Morgan fingerprint density at radius 3 is 2.41 bits per heavy atom. The summed E-state index contributed by atoms with van der Waals surface area (Å²) in [5.41, 5.74) is 0.451. The highest BCUT2D eigenvalue weighted by molar-refractivity contribution is 7.91. The van der Waals surface area contributed by atoms with E-state index in [9.17, 15) is 30.8 Å². The molecular formula is C29H30F4N2O4S2. The number of fused-ring (bicyclic) bond motifs is 2. The number of sulfone groups is 1. The minimum Gasteiger partial charge on any atom is -0.369 e. The third-order valence-electron chi connectivity index (χ3n) is 7.72. The van der Waals surface area contributed by atoms with Crippen LogP contribution < -0.4 is 5.32 Å². The number of nitrogens with zero attached hydrogens (tertiary/aromatic N) is 1. The van der Waals surface area contributed by atoms with Crippen molar-refractivity contribution in [3.05, 3.63) is 86.4 Å². The van der Waals surface area contributed by atoms with Crippen LogP contribution in [-0.2, 0) is 45.9 Å². The number of carbonyl (C=O) groups is 1. The summed E-state index contributed by atoms with van der Waals surface area (Å²) in [6, 6.07) is 11.5. The average Bonchev–Trinajstić information content (AvgIpc) is 3.40. The summed E-state index contributed by atoms with van der Waals surface area (Å²) in [7, 11) is -3.29. The molecule has 1 N–H and O–H groups in total. The van der Waals surface area contributed by atoms with Crippen LogP contribution in [0.4, 0.5) is 17.6 Å². The Labute approximate surface area is 240 Å². The molecule has 5 rings (SSSR count). The molecule has 2 aromatic carbocycles. The van der Waals surface area contributed by atoms with Crippen molar-refractivity contribution < 1.29 is 35.5 Å². The lowest BCUT2D eigenvalue weighted by Gasteiger charge is -2.43. The van der Waals surface area contributed by atoms with Crippen LogP contribution in [0.25, 0.3) is 0 Å². The number of ether oxygens (including phenoxy) is 1. The summed E-state index contributed by atoms with van der Waals surface area (Å²) in [5.74, 6) is -1.48. The van der Waals surface area contributed by atoms with Gasteiger partial charge in [0.25, 0.3) is 5.91 Å². The Bertz CT molecular complexity index is 1530. The van der Waals surface area contributed by atoms with Gasteiger partial charge in [0.15, 0.2) is 9.84 Å². The van der Waals surface area contributed by atoms with Gasteiger partial charge in [0, 0.05) is 31.1 Å². The third kappa shape index (κ3) is 6.35. The summed E-state index contributed by atoms with van der Waals surface area (Å²) in [6.07, 6.45) is -2.80. The van der Waals surface area contributed by atoms with Gasteiger partial charge >= 0.3 is 6.18 Å². The van der Waals surface area contributed by atoms with Gasteiger partial charge in [-0.05, 0) is 66.3 Å². The summed E-state index contributed by atoms with van der Waals surface area (Å²) in [4.78, 5) is 16.9. The first-order valence-corrected chi connectivity index (χ1v) is 15.8. The van der Waals surface area contributed by atoms with Crippen LogP contribution >= 0.6 is 11.3 Å². The average molecular weight is 611 g/mol. The monoisotopic (exact) mass is 610 g/mol. The van der Waals surface area contributed by atoms with Crippen molar-refractivity contribution in [3.8, 4) is 0 Å². The molecule has 3 heterocycles. The van der Waals surface area contributed by atoms with Crippen molar-refractivity contribution >= 4 is 27.1 Å². The van der Waals surface area contributed by atoms with Gasteiger partial charge in [-0.15, -0.1) is 11.3 Å². The molecule has 1 spiro atoms. The van der Waals surface area contributed by atoms with Gasteiger partial charge in [-0.1, -0.05) is 25.1 Å². The van der Waals surface area contributed by atoms with Crippen LogP contribution in [-0.4, -0.2) is 44.7 Å². The molecular weight excluding hydrogens is 580 g/mol. The van der Waals surface area contributed by atoms with E-state index >= 15 is 0 Å². The lowest BCUT2D eigenvalue weighted by molar-refractivity contribution is -0.140. The number of carbonyl (C=O) groups excluding carboxylic acids is 1. The van der Waals surface area contributed by atoms with Crippen molar-refractivity contribution in [1.82, 2.24) is 10.2 Å². The van der Waals surface area contributed by atoms with E-state index in [4.69, 9.17) is 4.74 Å². The predicted octanol–water partition coefficient (Wildman–Crippen LogP) is 5.69. The molecule has 1 amide bonds. The topological polar surface area (TPSA) is 75.7 Å². The van der Waals surface area contributed by atoms with Crippen molar-refractivity contribution in [2.45, 2.75) is 55.9 Å². The first-order valence-electron chi connectivity index (χ1n) is 13.4. The molecule has 2 aliphatic heterocycles. The molecule has 0 atom stereocenters. The number of likely N-dealkylation sites (tertiary alicyclic amines) is 1. The van der Waals surface area contributed by atoms with Crippen LogP contribution in [0.2, 0.25) is 0 Å². The van der Waals surface area contributed by atoms with Gasteiger partial charge in [0.1, 0.15) is 11.4 Å². The molecule has 0 aliphatic carbocycles. The van der Waals surface area contributed by atoms with Gasteiger partial charge in [-0.25, -0.2) is 12.8 Å². The van der Waals surface area contributed by atoms with E-state index in [-0.39, 0.29) is 29.6 Å². The van der Waals surface area contributed by atoms with E-state index in [1.165, 1.54) is 17.4 Å². The van der Waals surface area contributed by atoms with Gasteiger partial charge in [-0.3, -0.25) is 9.69 Å². The van der Waals surface area contributed by atoms with Crippen LogP contribution in [0.1, 0.15) is 56.6 Å². The third-order valence-corrected chi connectivity index (χ3v) is 10.8. The summed E-state index contributed by atoms with van der Waals surface area (Å²) in [6.45, 7) is 3.81. The maximum Gasteiger partial charge on any atom is 0.419 e. The van der Waals surface area contributed by atoms with E-state index in [1.54, 1.807) is 31.2 Å². The molecule has 0 radical (unpaired) electrons. The van der Waals surface area contributed by atoms with Crippen LogP contribution in [0.3, 0.4) is 0 Å². The second-order valence-electron chi connectivity index (χ2n) is 10.4. The van der Waals surface area contributed by atoms with Crippen molar-refractivity contribution in [3.63, 3.8) is 0 Å². The molecule has 12 heteroatoms. The highest BCUT2D eigenvalue weighted by Gasteiger charge is 2.43. The summed E-state index contributed by atoms with van der Waals surface area (Å²) < 4.78 is 83.4. The zero-order valence-electron chi connectivity index (χ0n) is 22.4. The Kier molecular flexibility index (Phi) is 8.30. The quantitative estimate of drug-likeness (QED) is 0.348. The second kappa shape index (κ2) is 11.5. The number of hydrogen-bond acceptors (Lipinski definition) is 6. The smallest absolute Gasteiger partial charge is 0.369 e. The predicted molar refractivity (Wildman–Crippen MR) is 147 cm³/mol. The maximum atomic E-state index is 13.7. The fraction of sp³-hybridized carbons (Fsp3) is 0.414. The van der Waals surface area contributed by atoms with Crippen LogP contribution in [0.15, 0.2) is 53.4 Å². The first-order chi connectivity index (χ1) is 19.4. The van der Waals surface area contributed by atoms with Crippen LogP contribution in [0, 0.1) is 5.82 Å². The largest absolute Gasteiger partial charge is 0.419 e. The zero-order valence-corrected chi connectivity index (χ0v) is 24.0. The Morgan fingerprint density at radius 1 is 1.07 bits per heavy atom. The fourth-order valence-electron chi connectivity index (χ4n) is 5.37. The SMILES string of the molecule is CCS(=O)(=O)c1ccc(CNC(=O)c2cc3c(s2)C2(CCN(Cc4ccc(F)c(C(F)(F)F)c4)CC2)OCC3)cc1. The van der Waals surface area contributed by atoms with Gasteiger partial charge in [-0.2, -0.15) is 13.2 Å². The lowest BCUT2D eigenvalue weighted by atomic mass is 9.85. The highest BCUT2D eigenvalue weighted by Crippen LogP contribution is 2.45. The molecule has 0 unspecified atom stereocenters. The normalized spacial score (nSPS) is 17.4. The number of hydrogen-bond donors (Lipinski definition) is 1. The maximum absolute atomic E-state index is 13.7. The lowest BCUT2D eigenvalue weighted by Crippen LogP contribution is -2.45. The second-order valence-corrected chi connectivity index (χ2v) is 13.7. The molecule has 1 fully saturated rings. The van der Waals surface area contributed by atoms with E-state index < -0.39 is 33.0 Å². The molecule has 0 saturated carbocycles. The molecule has 220 valence electrons. The minimum absolute atomic E-state index is 0.0203. The van der Waals surface area contributed by atoms with E-state index in [2.05, 4.69) is 5.32 Å².